The zero-order valence-corrected chi connectivity index (χ0v) is 19.2. The number of esters is 1. The minimum atomic E-state index is -0.471. The molecule has 1 amide bonds. The van der Waals surface area contributed by atoms with Gasteiger partial charge in [-0.05, 0) is 35.7 Å². The first-order valence-electron chi connectivity index (χ1n) is 9.74. The van der Waals surface area contributed by atoms with Crippen molar-refractivity contribution in [1.29, 1.82) is 0 Å². The SMILES string of the molecule is COC(=O)Cn1c(=NC(=O)c2cc3cc([N+](=O)[O-])ccc3s2)sc2cc(C(C)C)ccc21. The first-order valence-corrected chi connectivity index (χ1v) is 11.4. The van der Waals surface area contributed by atoms with E-state index in [0.717, 1.165) is 20.5 Å². The molecule has 0 spiro atoms. The molecule has 0 unspecified atom stereocenters. The third-order valence-corrected chi connectivity index (χ3v) is 7.15. The van der Waals surface area contributed by atoms with E-state index in [2.05, 4.69) is 18.8 Å². The summed E-state index contributed by atoms with van der Waals surface area (Å²) >= 11 is 2.55. The molecule has 0 aliphatic carbocycles. The number of nitro benzene ring substituents is 1. The highest BCUT2D eigenvalue weighted by atomic mass is 32.1. The number of aromatic nitrogens is 1. The Morgan fingerprint density at radius 1 is 1.12 bits per heavy atom. The second-order valence-corrected chi connectivity index (χ2v) is 9.53. The van der Waals surface area contributed by atoms with Crippen LogP contribution in [0.1, 0.15) is 35.0 Å². The van der Waals surface area contributed by atoms with E-state index in [9.17, 15) is 19.7 Å². The van der Waals surface area contributed by atoms with Gasteiger partial charge in [0.15, 0.2) is 4.80 Å². The first kappa shape index (κ1) is 21.8. The Morgan fingerprint density at radius 3 is 2.59 bits per heavy atom. The number of fused-ring (bicyclic) bond motifs is 2. The van der Waals surface area contributed by atoms with Crippen molar-refractivity contribution in [1.82, 2.24) is 4.57 Å². The smallest absolute Gasteiger partial charge is 0.325 e. The highest BCUT2D eigenvalue weighted by Gasteiger charge is 2.16. The van der Waals surface area contributed by atoms with E-state index < -0.39 is 16.8 Å². The number of non-ortho nitro benzene ring substituents is 1. The zero-order valence-electron chi connectivity index (χ0n) is 17.5. The minimum absolute atomic E-state index is 0.0346. The summed E-state index contributed by atoms with van der Waals surface area (Å²) in [6.07, 6.45) is 0. The molecule has 4 rings (SSSR count). The lowest BCUT2D eigenvalue weighted by molar-refractivity contribution is -0.384. The molecule has 8 nitrogen and oxygen atoms in total. The van der Waals surface area contributed by atoms with Crippen LogP contribution in [-0.2, 0) is 16.1 Å². The summed E-state index contributed by atoms with van der Waals surface area (Å²) in [4.78, 5) is 40.5. The van der Waals surface area contributed by atoms with Crippen LogP contribution in [0.5, 0.6) is 0 Å². The average molecular weight is 470 g/mol. The second kappa shape index (κ2) is 8.64. The molecule has 0 aliphatic heterocycles. The number of hydrogen-bond acceptors (Lipinski definition) is 7. The Hall–Kier alpha value is -3.37. The van der Waals surface area contributed by atoms with E-state index in [1.165, 1.54) is 41.9 Å². The third kappa shape index (κ3) is 4.19. The molecular formula is C22H19N3O5S2. The number of benzene rings is 2. The average Bonchev–Trinajstić information content (AvgIpc) is 3.34. The van der Waals surface area contributed by atoms with Gasteiger partial charge in [-0.25, -0.2) is 0 Å². The van der Waals surface area contributed by atoms with E-state index in [0.29, 0.717) is 21.0 Å². The number of rotatable bonds is 5. The maximum atomic E-state index is 12.9. The molecule has 0 saturated heterocycles. The molecule has 2 aromatic carbocycles. The fraction of sp³-hybridized carbons (Fsp3) is 0.227. The number of hydrogen-bond donors (Lipinski definition) is 0. The Bertz CT molecular complexity index is 1450. The summed E-state index contributed by atoms with van der Waals surface area (Å²) < 4.78 is 8.16. The van der Waals surface area contributed by atoms with Crippen LogP contribution in [0.4, 0.5) is 5.69 Å². The van der Waals surface area contributed by atoms with Crippen molar-refractivity contribution in [2.75, 3.05) is 7.11 Å². The molecule has 0 radical (unpaired) electrons. The van der Waals surface area contributed by atoms with Crippen LogP contribution in [0.2, 0.25) is 0 Å². The van der Waals surface area contributed by atoms with Crippen LogP contribution in [-0.4, -0.2) is 28.5 Å². The number of nitro groups is 1. The molecule has 4 aromatic rings. The van der Waals surface area contributed by atoms with E-state index >= 15 is 0 Å². The Morgan fingerprint density at radius 2 is 1.91 bits per heavy atom. The maximum absolute atomic E-state index is 12.9. The fourth-order valence-corrected chi connectivity index (χ4v) is 5.28. The first-order chi connectivity index (χ1) is 15.3. The molecule has 32 heavy (non-hydrogen) atoms. The van der Waals surface area contributed by atoms with Crippen LogP contribution in [0.3, 0.4) is 0 Å². The molecule has 10 heteroatoms. The summed E-state index contributed by atoms with van der Waals surface area (Å²) in [7, 11) is 1.31. The predicted molar refractivity (Wildman–Crippen MR) is 124 cm³/mol. The van der Waals surface area contributed by atoms with Crippen molar-refractivity contribution in [3.05, 3.63) is 67.8 Å². The lowest BCUT2D eigenvalue weighted by Gasteiger charge is -2.06. The molecule has 0 saturated carbocycles. The number of thiophene rings is 1. The van der Waals surface area contributed by atoms with Crippen molar-refractivity contribution >= 4 is 60.5 Å². The topological polar surface area (TPSA) is 104 Å². The van der Waals surface area contributed by atoms with Crippen LogP contribution >= 0.6 is 22.7 Å². The summed E-state index contributed by atoms with van der Waals surface area (Å²) in [6.45, 7) is 4.12. The van der Waals surface area contributed by atoms with Gasteiger partial charge in [0.25, 0.3) is 11.6 Å². The highest BCUT2D eigenvalue weighted by Crippen LogP contribution is 2.29. The number of nitrogens with zero attached hydrogens (tertiary/aromatic N) is 3. The Kier molecular flexibility index (Phi) is 5.90. The van der Waals surface area contributed by atoms with Gasteiger partial charge in [0.1, 0.15) is 6.54 Å². The molecule has 0 fully saturated rings. The summed E-state index contributed by atoms with van der Waals surface area (Å²) in [5.41, 5.74) is 1.91. The van der Waals surface area contributed by atoms with E-state index in [4.69, 9.17) is 4.74 Å². The number of methoxy groups -OCH3 is 1. The quantitative estimate of drug-likeness (QED) is 0.236. The lowest BCUT2D eigenvalue weighted by Crippen LogP contribution is -2.22. The highest BCUT2D eigenvalue weighted by molar-refractivity contribution is 7.21. The standard InChI is InChI=1S/C22H19N3O5S2/c1-12(2)13-4-6-16-18(9-13)32-22(24(16)11-20(26)30-3)23-21(27)19-10-14-8-15(25(28)29)5-7-17(14)31-19/h4-10,12H,11H2,1-3H3. The molecule has 2 heterocycles. The van der Waals surface area contributed by atoms with Crippen molar-refractivity contribution in [2.45, 2.75) is 26.3 Å². The van der Waals surface area contributed by atoms with Crippen molar-refractivity contribution in [3.63, 3.8) is 0 Å². The van der Waals surface area contributed by atoms with Gasteiger partial charge in [-0.3, -0.25) is 19.7 Å². The van der Waals surface area contributed by atoms with Gasteiger partial charge < -0.3 is 9.30 Å². The molecule has 164 valence electrons. The monoisotopic (exact) mass is 469 g/mol. The molecule has 0 bridgehead atoms. The molecule has 0 N–H and O–H groups in total. The number of carbonyl (C=O) groups excluding carboxylic acids is 2. The van der Waals surface area contributed by atoms with Crippen LogP contribution in [0, 0.1) is 10.1 Å². The number of ether oxygens (including phenoxy) is 1. The van der Waals surface area contributed by atoms with E-state index in [1.54, 1.807) is 16.7 Å². The fourth-order valence-electron chi connectivity index (χ4n) is 3.27. The summed E-state index contributed by atoms with van der Waals surface area (Å²) in [6, 6.07) is 12.0. The normalized spacial score (nSPS) is 12.1. The van der Waals surface area contributed by atoms with Gasteiger partial charge in [0.05, 0.1) is 27.1 Å². The largest absolute Gasteiger partial charge is 0.468 e. The zero-order chi connectivity index (χ0) is 23.0. The van der Waals surface area contributed by atoms with Crippen LogP contribution in [0.15, 0.2) is 47.5 Å². The predicted octanol–water partition coefficient (Wildman–Crippen LogP) is 4.86. The third-order valence-electron chi connectivity index (χ3n) is 5.01. The van der Waals surface area contributed by atoms with Crippen molar-refractivity contribution in [2.24, 2.45) is 4.99 Å². The van der Waals surface area contributed by atoms with Crippen molar-refractivity contribution < 1.29 is 19.2 Å². The molecule has 0 aliphatic rings. The molecule has 2 aromatic heterocycles. The van der Waals surface area contributed by atoms with Gasteiger partial charge in [-0.15, -0.1) is 11.3 Å². The van der Waals surface area contributed by atoms with Gasteiger partial charge >= 0.3 is 5.97 Å². The van der Waals surface area contributed by atoms with Crippen LogP contribution in [0.25, 0.3) is 20.3 Å². The lowest BCUT2D eigenvalue weighted by atomic mass is 10.0. The Labute approximate surface area is 190 Å². The number of carbonyl (C=O) groups is 2. The minimum Gasteiger partial charge on any atom is -0.468 e. The molecule has 0 atom stereocenters. The second-order valence-electron chi connectivity index (χ2n) is 7.44. The maximum Gasteiger partial charge on any atom is 0.325 e. The summed E-state index contributed by atoms with van der Waals surface area (Å²) in [5.74, 6) is -0.580. The van der Waals surface area contributed by atoms with E-state index in [-0.39, 0.29) is 12.2 Å². The molecular weight excluding hydrogens is 450 g/mol. The number of thiazole rings is 1. The van der Waals surface area contributed by atoms with Gasteiger partial charge in [0, 0.05) is 22.2 Å². The van der Waals surface area contributed by atoms with Gasteiger partial charge in [-0.2, -0.15) is 4.99 Å². The van der Waals surface area contributed by atoms with Gasteiger partial charge in [-0.1, -0.05) is 31.3 Å². The number of amides is 1. The van der Waals surface area contributed by atoms with Gasteiger partial charge in [0.2, 0.25) is 0 Å². The summed E-state index contributed by atoms with van der Waals surface area (Å²) in [5, 5.41) is 11.6. The Balaban J connectivity index is 1.81. The van der Waals surface area contributed by atoms with Crippen molar-refractivity contribution in [3.8, 4) is 0 Å². The van der Waals surface area contributed by atoms with Crippen LogP contribution < -0.4 is 4.80 Å². The van der Waals surface area contributed by atoms with E-state index in [1.807, 2.05) is 18.2 Å².